The second kappa shape index (κ2) is 2.80. The first-order valence-corrected chi connectivity index (χ1v) is 3.68. The van der Waals surface area contributed by atoms with E-state index in [1.807, 2.05) is 0 Å². The predicted octanol–water partition coefficient (Wildman–Crippen LogP) is 1.31. The molecule has 0 spiro atoms. The van der Waals surface area contributed by atoms with Crippen LogP contribution in [0, 0.1) is 11.6 Å². The first-order valence-electron chi connectivity index (χ1n) is 3.68. The molecule has 2 aromatic rings. The Hall–Kier alpha value is -1.45. The smallest absolute Gasteiger partial charge is 0.128 e. The number of fused-ring (bicyclic) bond motifs is 1. The molecule has 1 nitrogen and oxygen atoms in total. The van der Waals surface area contributed by atoms with Crippen molar-refractivity contribution in [3.63, 3.8) is 0 Å². The Labute approximate surface area is 74.8 Å². The molecule has 0 saturated heterocycles. The third-order valence-corrected chi connectivity index (χ3v) is 1.83. The molecule has 0 bridgehead atoms. The van der Waals surface area contributed by atoms with E-state index in [0.29, 0.717) is 0 Å². The second-order valence-corrected chi connectivity index (χ2v) is 2.66. The predicted molar refractivity (Wildman–Crippen MR) is 47.0 cm³/mol. The molecule has 62 valence electrons. The molecule has 13 heavy (non-hydrogen) atoms. The Bertz CT molecular complexity index is 470. The van der Waals surface area contributed by atoms with Gasteiger partial charge in [-0.1, -0.05) is 0 Å². The minimum absolute atomic E-state index is 0.237. The third-order valence-electron chi connectivity index (χ3n) is 1.83. The number of hydrogen-bond acceptors (Lipinski definition) is 1. The summed E-state index contributed by atoms with van der Waals surface area (Å²) in [6, 6.07) is 4.20. The summed E-state index contributed by atoms with van der Waals surface area (Å²) >= 11 is 0. The van der Waals surface area contributed by atoms with Crippen molar-refractivity contribution in [2.45, 2.75) is 0 Å². The number of halogens is 2. The van der Waals surface area contributed by atoms with Crippen molar-refractivity contribution in [1.29, 1.82) is 0 Å². The highest BCUT2D eigenvalue weighted by Gasteiger charge is 2.08. The van der Waals surface area contributed by atoms with Crippen molar-refractivity contribution in [2.24, 2.45) is 0 Å². The van der Waals surface area contributed by atoms with Crippen LogP contribution in [0.25, 0.3) is 10.9 Å². The van der Waals surface area contributed by atoms with E-state index in [1.165, 1.54) is 12.3 Å². The molecule has 0 aliphatic carbocycles. The first-order chi connectivity index (χ1) is 6.20. The van der Waals surface area contributed by atoms with E-state index in [1.54, 1.807) is 6.07 Å². The lowest BCUT2D eigenvalue weighted by molar-refractivity contribution is 0.606. The number of rotatable bonds is 0. The fourth-order valence-corrected chi connectivity index (χ4v) is 1.17. The molecule has 0 atom stereocenters. The monoisotopic (exact) mass is 175 g/mol. The zero-order chi connectivity index (χ0) is 9.42. The molecular weight excluding hydrogens is 171 g/mol. The molecule has 1 aromatic heterocycles. The van der Waals surface area contributed by atoms with E-state index in [0.717, 1.165) is 6.07 Å². The molecule has 0 aliphatic rings. The van der Waals surface area contributed by atoms with Crippen molar-refractivity contribution in [3.8, 4) is 0 Å². The molecule has 0 amide bonds. The summed E-state index contributed by atoms with van der Waals surface area (Å²) in [5, 5.41) is 0.237. The maximum absolute atomic E-state index is 13.3. The van der Waals surface area contributed by atoms with E-state index in [4.69, 9.17) is 7.85 Å². The summed E-state index contributed by atoms with van der Waals surface area (Å²) in [5.74, 6) is -1.52. The van der Waals surface area contributed by atoms with E-state index in [2.05, 4.69) is 4.98 Å². The van der Waals surface area contributed by atoms with Gasteiger partial charge in [0.05, 0.1) is 5.52 Å². The molecule has 0 aliphatic heterocycles. The number of hydrogen-bond donors (Lipinski definition) is 0. The Morgan fingerprint density at radius 2 is 2.08 bits per heavy atom. The maximum Gasteiger partial charge on any atom is 0.128 e. The van der Waals surface area contributed by atoms with Gasteiger partial charge in [-0.3, -0.25) is 4.98 Å². The van der Waals surface area contributed by atoms with E-state index < -0.39 is 17.1 Å². The Kier molecular flexibility index (Phi) is 1.76. The van der Waals surface area contributed by atoms with Gasteiger partial charge in [-0.2, -0.15) is 0 Å². The summed E-state index contributed by atoms with van der Waals surface area (Å²) in [6.45, 7) is 0. The number of benzene rings is 1. The average Bonchev–Trinajstić information content (AvgIpc) is 2.15. The lowest BCUT2D eigenvalue weighted by atomic mass is 9.93. The highest BCUT2D eigenvalue weighted by molar-refractivity contribution is 6.33. The van der Waals surface area contributed by atoms with E-state index >= 15 is 0 Å². The average molecular weight is 175 g/mol. The van der Waals surface area contributed by atoms with Crippen LogP contribution in [0.5, 0.6) is 0 Å². The van der Waals surface area contributed by atoms with Gasteiger partial charge < -0.3 is 0 Å². The van der Waals surface area contributed by atoms with Crippen LogP contribution in [0.15, 0.2) is 24.4 Å². The normalized spacial score (nSPS) is 10.6. The molecule has 1 aromatic carbocycles. The summed E-state index contributed by atoms with van der Waals surface area (Å²) in [6.07, 6.45) is 1.47. The van der Waals surface area contributed by atoms with Gasteiger partial charge in [0.1, 0.15) is 19.5 Å². The molecule has 0 saturated carbocycles. The summed E-state index contributed by atoms with van der Waals surface area (Å²) < 4.78 is 26.2. The number of pyridine rings is 1. The number of nitrogens with zero attached hydrogens (tertiary/aromatic N) is 1. The molecule has 4 heteroatoms. The molecule has 1 heterocycles. The van der Waals surface area contributed by atoms with E-state index in [-0.39, 0.29) is 10.9 Å². The van der Waals surface area contributed by atoms with Gasteiger partial charge >= 0.3 is 0 Å². The summed E-state index contributed by atoms with van der Waals surface area (Å²) in [7, 11) is 5.17. The minimum Gasteiger partial charge on any atom is -0.256 e. The topological polar surface area (TPSA) is 12.9 Å². The standard InChI is InChI=1S/C9H4BF2N/c10-8-6(11)4-7-5(9(8)12)2-1-3-13-7/h1-4H. The second-order valence-electron chi connectivity index (χ2n) is 2.66. The molecular formula is C9H4BF2N. The van der Waals surface area contributed by atoms with Crippen LogP contribution in [-0.4, -0.2) is 12.8 Å². The van der Waals surface area contributed by atoms with Crippen molar-refractivity contribution >= 4 is 24.2 Å². The van der Waals surface area contributed by atoms with Gasteiger partial charge in [0.15, 0.2) is 0 Å². The van der Waals surface area contributed by atoms with Gasteiger partial charge in [0.25, 0.3) is 0 Å². The van der Waals surface area contributed by atoms with Gasteiger partial charge in [0, 0.05) is 11.6 Å². The van der Waals surface area contributed by atoms with Crippen LogP contribution in [0.4, 0.5) is 8.78 Å². The first kappa shape index (κ1) is 8.17. The SMILES string of the molecule is [B]c1c(F)cc2ncccc2c1F. The van der Waals surface area contributed by atoms with Crippen LogP contribution in [0.3, 0.4) is 0 Å². The van der Waals surface area contributed by atoms with Crippen LogP contribution >= 0.6 is 0 Å². The van der Waals surface area contributed by atoms with E-state index in [9.17, 15) is 8.78 Å². The van der Waals surface area contributed by atoms with Crippen molar-refractivity contribution < 1.29 is 8.78 Å². The molecule has 2 rings (SSSR count). The molecule has 2 radical (unpaired) electrons. The van der Waals surface area contributed by atoms with Gasteiger partial charge in [-0.25, -0.2) is 8.78 Å². The van der Waals surface area contributed by atoms with Crippen molar-refractivity contribution in [1.82, 2.24) is 4.98 Å². The van der Waals surface area contributed by atoms with Crippen molar-refractivity contribution in [3.05, 3.63) is 36.0 Å². The molecule has 0 N–H and O–H groups in total. The summed E-state index contributed by atoms with van der Waals surface area (Å²) in [5.41, 5.74) is -0.188. The fourth-order valence-electron chi connectivity index (χ4n) is 1.17. The molecule has 0 unspecified atom stereocenters. The highest BCUT2D eigenvalue weighted by Crippen LogP contribution is 2.14. The largest absolute Gasteiger partial charge is 0.256 e. The maximum atomic E-state index is 13.3. The third kappa shape index (κ3) is 1.18. The molecule has 0 fully saturated rings. The highest BCUT2D eigenvalue weighted by atomic mass is 19.1. The summed E-state index contributed by atoms with van der Waals surface area (Å²) in [4.78, 5) is 3.81. The Morgan fingerprint density at radius 3 is 2.85 bits per heavy atom. The van der Waals surface area contributed by atoms with Crippen LogP contribution < -0.4 is 5.46 Å². The Balaban J connectivity index is 2.94. The quantitative estimate of drug-likeness (QED) is 0.550. The van der Waals surface area contributed by atoms with Gasteiger partial charge in [-0.15, -0.1) is 0 Å². The zero-order valence-corrected chi connectivity index (χ0v) is 6.59. The van der Waals surface area contributed by atoms with Gasteiger partial charge in [0.2, 0.25) is 0 Å². The lowest BCUT2D eigenvalue weighted by Crippen LogP contribution is -2.14. The fraction of sp³-hybridized carbons (Fsp3) is 0. The lowest BCUT2D eigenvalue weighted by Gasteiger charge is -2.02. The van der Waals surface area contributed by atoms with Crippen LogP contribution in [0.2, 0.25) is 0 Å². The van der Waals surface area contributed by atoms with Crippen LogP contribution in [0.1, 0.15) is 0 Å². The van der Waals surface area contributed by atoms with Crippen LogP contribution in [-0.2, 0) is 0 Å². The minimum atomic E-state index is -0.774. The van der Waals surface area contributed by atoms with Crippen molar-refractivity contribution in [2.75, 3.05) is 0 Å². The zero-order valence-electron chi connectivity index (χ0n) is 6.59. The van der Waals surface area contributed by atoms with Gasteiger partial charge in [-0.05, 0) is 23.7 Å². The Morgan fingerprint density at radius 1 is 1.31 bits per heavy atom. The number of aromatic nitrogens is 1.